The van der Waals surface area contributed by atoms with E-state index in [0.29, 0.717) is 18.2 Å². The molecule has 1 aromatic heterocycles. The number of carbonyl (C=O) groups is 1. The maximum absolute atomic E-state index is 12.2. The van der Waals surface area contributed by atoms with E-state index < -0.39 is 0 Å². The lowest BCUT2D eigenvalue weighted by molar-refractivity contribution is -0.133. The van der Waals surface area contributed by atoms with E-state index in [0.717, 1.165) is 18.1 Å². The first kappa shape index (κ1) is 11.0. The van der Waals surface area contributed by atoms with E-state index in [1.165, 1.54) is 12.8 Å². The lowest BCUT2D eigenvalue weighted by atomic mass is 10.2. The van der Waals surface area contributed by atoms with Gasteiger partial charge in [0, 0.05) is 24.5 Å². The van der Waals surface area contributed by atoms with Crippen LogP contribution < -0.4 is 0 Å². The van der Waals surface area contributed by atoms with Crippen molar-refractivity contribution in [2.75, 3.05) is 18.1 Å². The molecule has 1 saturated carbocycles. The fraction of sp³-hybridized carbons (Fsp3) is 0.800. The molecule has 1 atom stereocenters. The summed E-state index contributed by atoms with van der Waals surface area (Å²) in [6.45, 7) is 0.801. The highest BCUT2D eigenvalue weighted by molar-refractivity contribution is 7.99. The average molecular weight is 253 g/mol. The molecular weight excluding hydrogens is 238 g/mol. The smallest absolute Gasteiger partial charge is 0.223 e. The summed E-state index contributed by atoms with van der Waals surface area (Å²) in [4.78, 5) is 14.1. The molecule has 1 unspecified atom stereocenters. The molecule has 1 saturated heterocycles. The van der Waals surface area contributed by atoms with Gasteiger partial charge in [0.15, 0.2) is 5.82 Å². The van der Waals surface area contributed by atoms with Crippen molar-refractivity contribution in [1.82, 2.24) is 25.5 Å². The van der Waals surface area contributed by atoms with Crippen molar-refractivity contribution < 1.29 is 4.79 Å². The number of nitrogens with one attached hydrogen (secondary N) is 1. The Morgan fingerprint density at radius 3 is 3.12 bits per heavy atom. The maximum atomic E-state index is 12.2. The molecule has 2 fully saturated rings. The molecule has 1 amide bonds. The van der Waals surface area contributed by atoms with Gasteiger partial charge in [-0.3, -0.25) is 4.79 Å². The van der Waals surface area contributed by atoms with Crippen molar-refractivity contribution in [3.63, 3.8) is 0 Å². The van der Waals surface area contributed by atoms with Gasteiger partial charge in [-0.05, 0) is 18.8 Å². The fourth-order valence-electron chi connectivity index (χ4n) is 2.11. The van der Waals surface area contributed by atoms with Gasteiger partial charge in [-0.25, -0.2) is 0 Å². The lowest BCUT2D eigenvalue weighted by Crippen LogP contribution is -2.41. The minimum atomic E-state index is -0.00116. The van der Waals surface area contributed by atoms with E-state index in [9.17, 15) is 4.79 Å². The fourth-order valence-corrected chi connectivity index (χ4v) is 3.16. The molecule has 2 aliphatic rings. The van der Waals surface area contributed by atoms with Gasteiger partial charge in [-0.1, -0.05) is 5.21 Å². The first-order chi connectivity index (χ1) is 8.34. The average Bonchev–Trinajstić information content (AvgIpc) is 3.00. The number of H-pyrrole nitrogens is 1. The zero-order valence-electron chi connectivity index (χ0n) is 9.50. The predicted molar refractivity (Wildman–Crippen MR) is 63.3 cm³/mol. The lowest BCUT2D eigenvalue weighted by Gasteiger charge is -2.33. The number of aromatic nitrogens is 4. The standard InChI is InChI=1S/C10H15N5OS/c16-9(5-7-1-2-7)15-3-4-17-6-8(15)10-11-13-14-12-10/h7-8H,1-6H2,(H,11,12,13,14). The summed E-state index contributed by atoms with van der Waals surface area (Å²) in [5.41, 5.74) is 0. The normalized spacial score (nSPS) is 24.9. The molecule has 6 nitrogen and oxygen atoms in total. The number of carbonyl (C=O) groups excluding carboxylic acids is 1. The highest BCUT2D eigenvalue weighted by Gasteiger charge is 2.34. The number of tetrazole rings is 1. The monoisotopic (exact) mass is 253 g/mol. The quantitative estimate of drug-likeness (QED) is 0.854. The van der Waals surface area contributed by atoms with Crippen molar-refractivity contribution in [3.05, 3.63) is 5.82 Å². The van der Waals surface area contributed by atoms with Crippen LogP contribution in [0.3, 0.4) is 0 Å². The zero-order valence-corrected chi connectivity index (χ0v) is 10.3. The van der Waals surface area contributed by atoms with Crippen LogP contribution in [0.2, 0.25) is 0 Å². The number of hydrogen-bond donors (Lipinski definition) is 1. The van der Waals surface area contributed by atoms with Crippen LogP contribution in [0.5, 0.6) is 0 Å². The summed E-state index contributed by atoms with van der Waals surface area (Å²) >= 11 is 1.84. The van der Waals surface area contributed by atoms with Crippen LogP contribution in [0, 0.1) is 5.92 Å². The molecule has 17 heavy (non-hydrogen) atoms. The molecule has 1 aliphatic heterocycles. The van der Waals surface area contributed by atoms with Crippen LogP contribution in [-0.4, -0.2) is 49.5 Å². The molecule has 3 rings (SSSR count). The summed E-state index contributed by atoms with van der Waals surface area (Å²) in [7, 11) is 0. The van der Waals surface area contributed by atoms with Crippen LogP contribution >= 0.6 is 11.8 Å². The topological polar surface area (TPSA) is 74.8 Å². The van der Waals surface area contributed by atoms with Crippen LogP contribution in [0.4, 0.5) is 0 Å². The Kier molecular flexibility index (Phi) is 3.00. The Morgan fingerprint density at radius 1 is 1.53 bits per heavy atom. The van der Waals surface area contributed by atoms with E-state index >= 15 is 0 Å². The van der Waals surface area contributed by atoms with E-state index in [-0.39, 0.29) is 11.9 Å². The molecule has 0 spiro atoms. The molecule has 0 radical (unpaired) electrons. The van der Waals surface area contributed by atoms with Gasteiger partial charge in [0.25, 0.3) is 0 Å². The second kappa shape index (κ2) is 4.64. The highest BCUT2D eigenvalue weighted by Crippen LogP contribution is 2.35. The third kappa shape index (κ3) is 2.43. The minimum absolute atomic E-state index is 0.00116. The molecular formula is C10H15N5OS. The highest BCUT2D eigenvalue weighted by atomic mass is 32.2. The van der Waals surface area contributed by atoms with Gasteiger partial charge >= 0.3 is 0 Å². The van der Waals surface area contributed by atoms with E-state index in [4.69, 9.17) is 0 Å². The van der Waals surface area contributed by atoms with Gasteiger partial charge in [0.05, 0.1) is 0 Å². The van der Waals surface area contributed by atoms with Crippen molar-refractivity contribution in [3.8, 4) is 0 Å². The van der Waals surface area contributed by atoms with Crippen molar-refractivity contribution in [1.29, 1.82) is 0 Å². The number of aromatic amines is 1. The maximum Gasteiger partial charge on any atom is 0.223 e. The summed E-state index contributed by atoms with van der Waals surface area (Å²) in [5.74, 6) is 3.40. The Bertz CT molecular complexity index is 391. The largest absolute Gasteiger partial charge is 0.331 e. The molecule has 1 aromatic rings. The number of amides is 1. The van der Waals surface area contributed by atoms with Gasteiger partial charge < -0.3 is 4.90 Å². The van der Waals surface area contributed by atoms with Gasteiger partial charge in [0.2, 0.25) is 5.91 Å². The van der Waals surface area contributed by atoms with Crippen LogP contribution in [0.15, 0.2) is 0 Å². The first-order valence-electron chi connectivity index (χ1n) is 5.95. The summed E-state index contributed by atoms with van der Waals surface area (Å²) in [6, 6.07) is -0.00116. The minimum Gasteiger partial charge on any atom is -0.331 e. The van der Waals surface area contributed by atoms with Crippen molar-refractivity contribution in [2.45, 2.75) is 25.3 Å². The Balaban J connectivity index is 1.72. The third-order valence-corrected chi connectivity index (χ3v) is 4.29. The first-order valence-corrected chi connectivity index (χ1v) is 7.10. The second-order valence-corrected chi connectivity index (χ2v) is 5.75. The SMILES string of the molecule is O=C(CC1CC1)N1CCSCC1c1nn[nH]n1. The number of thioether (sulfide) groups is 1. The van der Waals surface area contributed by atoms with Crippen molar-refractivity contribution >= 4 is 17.7 Å². The van der Waals surface area contributed by atoms with Gasteiger partial charge in [-0.15, -0.1) is 10.2 Å². The Morgan fingerprint density at radius 2 is 2.41 bits per heavy atom. The zero-order chi connectivity index (χ0) is 11.7. The summed E-state index contributed by atoms with van der Waals surface area (Å²) in [6.07, 6.45) is 3.11. The summed E-state index contributed by atoms with van der Waals surface area (Å²) < 4.78 is 0. The molecule has 2 heterocycles. The molecule has 0 aromatic carbocycles. The molecule has 1 N–H and O–H groups in total. The van der Waals surface area contributed by atoms with Gasteiger partial charge in [-0.2, -0.15) is 17.0 Å². The van der Waals surface area contributed by atoms with Crippen LogP contribution in [-0.2, 0) is 4.79 Å². The molecule has 92 valence electrons. The Hall–Kier alpha value is -1.11. The number of hydrogen-bond acceptors (Lipinski definition) is 5. The van der Waals surface area contributed by atoms with E-state index in [1.54, 1.807) is 0 Å². The van der Waals surface area contributed by atoms with Crippen LogP contribution in [0.25, 0.3) is 0 Å². The molecule has 7 heteroatoms. The molecule has 1 aliphatic carbocycles. The number of rotatable bonds is 3. The third-order valence-electron chi connectivity index (χ3n) is 3.27. The van der Waals surface area contributed by atoms with Crippen molar-refractivity contribution in [2.24, 2.45) is 5.92 Å². The van der Waals surface area contributed by atoms with E-state index in [1.807, 2.05) is 16.7 Å². The molecule has 0 bridgehead atoms. The van der Waals surface area contributed by atoms with Crippen LogP contribution in [0.1, 0.15) is 31.1 Å². The summed E-state index contributed by atoms with van der Waals surface area (Å²) in [5, 5.41) is 14.1. The number of nitrogens with zero attached hydrogens (tertiary/aromatic N) is 4. The predicted octanol–water partition coefficient (Wildman–Crippen LogP) is 0.616. The second-order valence-electron chi connectivity index (χ2n) is 4.60. The van der Waals surface area contributed by atoms with Gasteiger partial charge in [0.1, 0.15) is 6.04 Å². The van der Waals surface area contributed by atoms with E-state index in [2.05, 4.69) is 20.6 Å². The Labute approximate surface area is 104 Å².